The number of rotatable bonds is 6. The number of hydrogen-bond acceptors (Lipinski definition) is 4. The first kappa shape index (κ1) is 19.1. The third kappa shape index (κ3) is 5.69. The van der Waals surface area contributed by atoms with E-state index >= 15 is 0 Å². The summed E-state index contributed by atoms with van der Waals surface area (Å²) < 4.78 is 0. The van der Waals surface area contributed by atoms with Gasteiger partial charge in [-0.3, -0.25) is 4.90 Å². The second-order valence-corrected chi connectivity index (χ2v) is 8.00. The van der Waals surface area contributed by atoms with Gasteiger partial charge >= 0.3 is 0 Å². The molecule has 1 fully saturated rings. The van der Waals surface area contributed by atoms with Crippen molar-refractivity contribution in [3.8, 4) is 11.8 Å². The minimum atomic E-state index is -0.0774. The molecule has 2 aromatic rings. The van der Waals surface area contributed by atoms with Gasteiger partial charge in [0.25, 0.3) is 0 Å². The average molecular weight is 369 g/mol. The largest absolute Gasteiger partial charge is 0.384 e. The first-order chi connectivity index (χ1) is 12.7. The highest BCUT2D eigenvalue weighted by molar-refractivity contribution is 7.10. The number of likely N-dealkylation sites (N-methyl/N-ethyl adjacent to an activating group) is 1. The van der Waals surface area contributed by atoms with Gasteiger partial charge in [-0.2, -0.15) is 0 Å². The van der Waals surface area contributed by atoms with Crippen LogP contribution in [0.4, 0.5) is 0 Å². The molecule has 3 nitrogen and oxygen atoms in total. The summed E-state index contributed by atoms with van der Waals surface area (Å²) >= 11 is 1.76. The van der Waals surface area contributed by atoms with Crippen molar-refractivity contribution < 1.29 is 5.11 Å². The van der Waals surface area contributed by atoms with E-state index in [1.165, 1.54) is 29.8 Å². The lowest BCUT2D eigenvalue weighted by Crippen LogP contribution is -2.46. The number of thiophene rings is 1. The summed E-state index contributed by atoms with van der Waals surface area (Å²) in [6.07, 6.45) is 3.69. The van der Waals surface area contributed by atoms with Crippen molar-refractivity contribution in [3.63, 3.8) is 0 Å². The van der Waals surface area contributed by atoms with Crippen LogP contribution >= 0.6 is 11.3 Å². The third-order valence-electron chi connectivity index (χ3n) is 5.03. The van der Waals surface area contributed by atoms with Gasteiger partial charge in [-0.05, 0) is 44.5 Å². The maximum atomic E-state index is 8.81. The van der Waals surface area contributed by atoms with Crippen molar-refractivity contribution in [1.29, 1.82) is 0 Å². The maximum absolute atomic E-state index is 8.81. The van der Waals surface area contributed by atoms with E-state index < -0.39 is 0 Å². The van der Waals surface area contributed by atoms with Gasteiger partial charge in [0, 0.05) is 41.5 Å². The number of hydrogen-bond donors (Lipinski definition) is 1. The Morgan fingerprint density at radius 3 is 2.96 bits per heavy atom. The molecule has 0 spiro atoms. The second-order valence-electron chi connectivity index (χ2n) is 7.01. The highest BCUT2D eigenvalue weighted by atomic mass is 32.1. The van der Waals surface area contributed by atoms with Gasteiger partial charge < -0.3 is 10.0 Å². The van der Waals surface area contributed by atoms with Crippen LogP contribution in [0.5, 0.6) is 0 Å². The fourth-order valence-electron chi connectivity index (χ4n) is 3.57. The zero-order valence-corrected chi connectivity index (χ0v) is 16.3. The van der Waals surface area contributed by atoms with Crippen molar-refractivity contribution in [1.82, 2.24) is 9.80 Å². The van der Waals surface area contributed by atoms with Crippen LogP contribution in [0.3, 0.4) is 0 Å². The SMILES string of the molecule is CN(Cc1cc(C#CCO)cs1)C1CCCN(CCc2ccccc2)C1. The topological polar surface area (TPSA) is 26.7 Å². The molecule has 0 bridgehead atoms. The van der Waals surface area contributed by atoms with Crippen LogP contribution in [0.1, 0.15) is 28.8 Å². The lowest BCUT2D eigenvalue weighted by atomic mass is 10.0. The molecule has 0 amide bonds. The number of aliphatic hydroxyl groups is 1. The van der Waals surface area contributed by atoms with Crippen molar-refractivity contribution in [2.24, 2.45) is 0 Å². The Hall–Kier alpha value is -1.64. The molecule has 1 aliphatic rings. The van der Waals surface area contributed by atoms with Crippen LogP contribution in [-0.2, 0) is 13.0 Å². The normalized spacial score (nSPS) is 17.9. The number of aliphatic hydroxyl groups excluding tert-OH is 1. The summed E-state index contributed by atoms with van der Waals surface area (Å²) in [6.45, 7) is 4.42. The van der Waals surface area contributed by atoms with E-state index in [9.17, 15) is 0 Å². The van der Waals surface area contributed by atoms with E-state index in [-0.39, 0.29) is 6.61 Å². The zero-order valence-electron chi connectivity index (χ0n) is 15.5. The van der Waals surface area contributed by atoms with Crippen LogP contribution in [0.25, 0.3) is 0 Å². The molecule has 0 saturated carbocycles. The van der Waals surface area contributed by atoms with E-state index in [1.54, 1.807) is 11.3 Å². The lowest BCUT2D eigenvalue weighted by molar-refractivity contribution is 0.113. The van der Waals surface area contributed by atoms with Crippen LogP contribution in [-0.4, -0.2) is 54.2 Å². The standard InChI is InChI=1S/C22H28N2OS/c1-23(17-22-15-20(18-26-22)9-6-14-25)21-10-5-12-24(16-21)13-11-19-7-3-2-4-8-19/h2-4,7-8,15,18,21,25H,5,10-14,16-17H2,1H3. The average Bonchev–Trinajstić information content (AvgIpc) is 3.13. The van der Waals surface area contributed by atoms with Gasteiger partial charge in [0.2, 0.25) is 0 Å². The van der Waals surface area contributed by atoms with Crippen LogP contribution in [0.15, 0.2) is 41.8 Å². The van der Waals surface area contributed by atoms with Crippen molar-refractivity contribution in [3.05, 3.63) is 57.8 Å². The smallest absolute Gasteiger partial charge is 0.104 e. The first-order valence-electron chi connectivity index (χ1n) is 9.38. The van der Waals surface area contributed by atoms with Gasteiger partial charge in [0.15, 0.2) is 0 Å². The molecule has 1 unspecified atom stereocenters. The van der Waals surface area contributed by atoms with Crippen molar-refractivity contribution in [2.45, 2.75) is 31.8 Å². The second kappa shape index (κ2) is 9.89. The number of likely N-dealkylation sites (tertiary alicyclic amines) is 1. The van der Waals surface area contributed by atoms with Gasteiger partial charge in [-0.1, -0.05) is 42.2 Å². The zero-order chi connectivity index (χ0) is 18.2. The molecule has 3 rings (SSSR count). The minimum absolute atomic E-state index is 0.0774. The minimum Gasteiger partial charge on any atom is -0.384 e. The summed E-state index contributed by atoms with van der Waals surface area (Å²) in [7, 11) is 2.24. The fourth-order valence-corrected chi connectivity index (χ4v) is 4.45. The fraction of sp³-hybridized carbons (Fsp3) is 0.455. The molecule has 1 atom stereocenters. The molecule has 1 aromatic carbocycles. The molecule has 1 aromatic heterocycles. The third-order valence-corrected chi connectivity index (χ3v) is 5.96. The molecule has 26 heavy (non-hydrogen) atoms. The highest BCUT2D eigenvalue weighted by Gasteiger charge is 2.23. The molecule has 2 heterocycles. The van der Waals surface area contributed by atoms with Gasteiger partial charge in [-0.25, -0.2) is 0 Å². The Kier molecular flexibility index (Phi) is 7.28. The van der Waals surface area contributed by atoms with Crippen LogP contribution < -0.4 is 0 Å². The number of nitrogens with zero attached hydrogens (tertiary/aromatic N) is 2. The molecule has 138 valence electrons. The quantitative estimate of drug-likeness (QED) is 0.793. The molecule has 4 heteroatoms. The molecular weight excluding hydrogens is 340 g/mol. The van der Waals surface area contributed by atoms with E-state index in [4.69, 9.17) is 5.11 Å². The Labute approximate surface area is 161 Å². The van der Waals surface area contributed by atoms with Crippen molar-refractivity contribution >= 4 is 11.3 Å². The Morgan fingerprint density at radius 2 is 2.15 bits per heavy atom. The van der Waals surface area contributed by atoms with Gasteiger partial charge in [0.1, 0.15) is 6.61 Å². The summed E-state index contributed by atoms with van der Waals surface area (Å²) in [5.41, 5.74) is 2.44. The first-order valence-corrected chi connectivity index (χ1v) is 10.3. The Balaban J connectivity index is 1.49. The van der Waals surface area contributed by atoms with E-state index in [2.05, 4.69) is 70.5 Å². The summed E-state index contributed by atoms with van der Waals surface area (Å²) in [5, 5.41) is 10.9. The molecule has 1 N–H and O–H groups in total. The molecule has 0 aliphatic carbocycles. The van der Waals surface area contributed by atoms with E-state index in [1.807, 2.05) is 0 Å². The number of piperidine rings is 1. The summed E-state index contributed by atoms with van der Waals surface area (Å²) in [5.74, 6) is 5.71. The van der Waals surface area contributed by atoms with Crippen LogP contribution in [0, 0.1) is 11.8 Å². The molecular formula is C22H28N2OS. The highest BCUT2D eigenvalue weighted by Crippen LogP contribution is 2.21. The predicted octanol–water partition coefficient (Wildman–Crippen LogP) is 3.23. The molecule has 1 saturated heterocycles. The summed E-state index contributed by atoms with van der Waals surface area (Å²) in [6, 6.07) is 13.6. The van der Waals surface area contributed by atoms with E-state index in [0.29, 0.717) is 6.04 Å². The lowest BCUT2D eigenvalue weighted by Gasteiger charge is -2.37. The molecule has 1 aliphatic heterocycles. The Bertz CT molecular complexity index is 731. The van der Waals surface area contributed by atoms with Gasteiger partial charge in [-0.15, -0.1) is 11.3 Å². The molecule has 0 radical (unpaired) electrons. The maximum Gasteiger partial charge on any atom is 0.104 e. The summed E-state index contributed by atoms with van der Waals surface area (Å²) in [4.78, 5) is 6.45. The van der Waals surface area contributed by atoms with Crippen LogP contribution in [0.2, 0.25) is 0 Å². The predicted molar refractivity (Wildman–Crippen MR) is 109 cm³/mol. The van der Waals surface area contributed by atoms with E-state index in [0.717, 1.165) is 31.6 Å². The number of benzene rings is 1. The van der Waals surface area contributed by atoms with Crippen molar-refractivity contribution in [2.75, 3.05) is 33.3 Å². The monoisotopic (exact) mass is 368 g/mol. The Morgan fingerprint density at radius 1 is 1.31 bits per heavy atom. The van der Waals surface area contributed by atoms with Gasteiger partial charge in [0.05, 0.1) is 0 Å².